The Morgan fingerprint density at radius 3 is 2.53 bits per heavy atom. The van der Waals surface area contributed by atoms with Crippen LogP contribution in [-0.4, -0.2) is 28.4 Å². The Kier molecular flexibility index (Phi) is 5.77. The highest BCUT2D eigenvalue weighted by Gasteiger charge is 2.47. The maximum absolute atomic E-state index is 13.2. The Bertz CT molecular complexity index is 1220. The normalized spacial score (nSPS) is 17.6. The maximum Gasteiger partial charge on any atom is 0.300 e. The van der Waals surface area contributed by atoms with E-state index in [4.69, 9.17) is 4.74 Å². The van der Waals surface area contributed by atoms with Crippen molar-refractivity contribution in [3.63, 3.8) is 0 Å². The predicted molar refractivity (Wildman–Crippen MR) is 123 cm³/mol. The van der Waals surface area contributed by atoms with E-state index in [-0.39, 0.29) is 11.3 Å². The minimum absolute atomic E-state index is 0.0127. The van der Waals surface area contributed by atoms with Gasteiger partial charge in [-0.25, -0.2) is 0 Å². The first-order valence-electron chi connectivity index (χ1n) is 10.4. The number of ether oxygens (including phenoxy) is 1. The first-order chi connectivity index (χ1) is 15.4. The van der Waals surface area contributed by atoms with E-state index >= 15 is 0 Å². The minimum Gasteiger partial charge on any atom is -0.507 e. The fraction of sp³-hybridized carbons (Fsp3) is 0.192. The predicted octanol–water partition coefficient (Wildman–Crippen LogP) is 4.72. The number of carbonyl (C=O) groups excluding carboxylic acids is 2. The molecule has 1 aliphatic rings. The molecule has 1 saturated heterocycles. The van der Waals surface area contributed by atoms with Crippen LogP contribution < -0.4 is 9.64 Å². The van der Waals surface area contributed by atoms with Crippen molar-refractivity contribution < 1.29 is 19.4 Å². The number of benzene rings is 2. The number of aromatic nitrogens is 1. The number of anilines is 1. The van der Waals surface area contributed by atoms with Crippen molar-refractivity contribution in [2.45, 2.75) is 26.8 Å². The van der Waals surface area contributed by atoms with Gasteiger partial charge in [-0.2, -0.15) is 0 Å². The summed E-state index contributed by atoms with van der Waals surface area (Å²) in [5.41, 5.74) is 3.51. The Morgan fingerprint density at radius 2 is 1.84 bits per heavy atom. The fourth-order valence-corrected chi connectivity index (χ4v) is 3.85. The summed E-state index contributed by atoms with van der Waals surface area (Å²) < 4.78 is 5.58. The van der Waals surface area contributed by atoms with Gasteiger partial charge >= 0.3 is 0 Å². The Morgan fingerprint density at radius 1 is 1.03 bits per heavy atom. The van der Waals surface area contributed by atoms with Gasteiger partial charge in [0.25, 0.3) is 11.7 Å². The monoisotopic (exact) mass is 428 g/mol. The maximum atomic E-state index is 13.2. The van der Waals surface area contributed by atoms with E-state index in [1.807, 2.05) is 32.9 Å². The molecule has 0 spiro atoms. The van der Waals surface area contributed by atoms with E-state index in [1.54, 1.807) is 54.7 Å². The van der Waals surface area contributed by atoms with E-state index in [2.05, 4.69) is 4.98 Å². The standard InChI is InChI=1S/C26H24N2O4/c1-4-32-20-9-7-8-19(15-20)28-23(21-10-5-6-13-27-21)22(25(30)26(28)31)24(29)18-12-11-16(2)17(3)14-18/h5-15,23,29H,4H2,1-3H3/b24-22+. The van der Waals surface area contributed by atoms with Gasteiger partial charge in [0.1, 0.15) is 17.6 Å². The van der Waals surface area contributed by atoms with Crippen LogP contribution in [0, 0.1) is 13.8 Å². The van der Waals surface area contributed by atoms with E-state index in [0.717, 1.165) is 11.1 Å². The number of amides is 1. The molecule has 1 aliphatic heterocycles. The van der Waals surface area contributed by atoms with Gasteiger partial charge in [-0.3, -0.25) is 19.5 Å². The number of Topliss-reactive ketones (excluding diaryl/α,β-unsaturated/α-hetero) is 1. The van der Waals surface area contributed by atoms with E-state index in [1.165, 1.54) is 4.90 Å². The van der Waals surface area contributed by atoms with E-state index in [9.17, 15) is 14.7 Å². The summed E-state index contributed by atoms with van der Waals surface area (Å²) >= 11 is 0. The van der Waals surface area contributed by atoms with Gasteiger partial charge in [0.2, 0.25) is 0 Å². The Labute approximate surface area is 186 Å². The van der Waals surface area contributed by atoms with Crippen molar-refractivity contribution in [3.8, 4) is 5.75 Å². The number of rotatable bonds is 5. The molecule has 3 aromatic rings. The van der Waals surface area contributed by atoms with Crippen LogP contribution in [0.15, 0.2) is 72.4 Å². The van der Waals surface area contributed by atoms with Crippen molar-refractivity contribution in [2.75, 3.05) is 11.5 Å². The lowest BCUT2D eigenvalue weighted by Gasteiger charge is -2.25. The molecule has 4 rings (SSSR count). The number of ketones is 1. The smallest absolute Gasteiger partial charge is 0.300 e. The average molecular weight is 428 g/mol. The molecule has 1 atom stereocenters. The Hall–Kier alpha value is -3.93. The van der Waals surface area contributed by atoms with Gasteiger partial charge in [-0.15, -0.1) is 0 Å². The molecule has 2 heterocycles. The number of aliphatic hydroxyl groups excluding tert-OH is 1. The van der Waals surface area contributed by atoms with Gasteiger partial charge in [0, 0.05) is 23.5 Å². The second-order valence-electron chi connectivity index (χ2n) is 7.65. The first-order valence-corrected chi connectivity index (χ1v) is 10.4. The molecule has 0 saturated carbocycles. The van der Waals surface area contributed by atoms with Crippen LogP contribution in [0.1, 0.15) is 35.3 Å². The zero-order valence-corrected chi connectivity index (χ0v) is 18.2. The van der Waals surface area contributed by atoms with Crippen LogP contribution in [0.2, 0.25) is 0 Å². The largest absolute Gasteiger partial charge is 0.507 e. The molecule has 6 nitrogen and oxygen atoms in total. The zero-order valence-electron chi connectivity index (χ0n) is 18.2. The van der Waals surface area contributed by atoms with Gasteiger partial charge in [0.05, 0.1) is 17.9 Å². The van der Waals surface area contributed by atoms with E-state index in [0.29, 0.717) is 29.3 Å². The molecule has 1 aromatic heterocycles. The lowest BCUT2D eigenvalue weighted by Crippen LogP contribution is -2.29. The Balaban J connectivity index is 1.92. The minimum atomic E-state index is -0.866. The lowest BCUT2D eigenvalue weighted by molar-refractivity contribution is -0.132. The molecule has 32 heavy (non-hydrogen) atoms. The summed E-state index contributed by atoms with van der Waals surface area (Å²) in [7, 11) is 0. The van der Waals surface area contributed by atoms with Crippen LogP contribution in [0.4, 0.5) is 5.69 Å². The molecule has 1 fully saturated rings. The van der Waals surface area contributed by atoms with Crippen molar-refractivity contribution in [1.82, 2.24) is 4.98 Å². The molecule has 0 bridgehead atoms. The molecule has 2 aromatic carbocycles. The zero-order chi connectivity index (χ0) is 22.8. The van der Waals surface area contributed by atoms with Crippen LogP contribution in [0.25, 0.3) is 5.76 Å². The SMILES string of the molecule is CCOc1cccc(N2C(=O)C(=O)/C(=C(/O)c3ccc(C)c(C)c3)C2c2ccccn2)c1. The first kappa shape index (κ1) is 21.3. The van der Waals surface area contributed by atoms with Crippen LogP contribution in [0.3, 0.4) is 0 Å². The number of pyridine rings is 1. The third kappa shape index (κ3) is 3.75. The highest BCUT2D eigenvalue weighted by Crippen LogP contribution is 2.42. The molecule has 1 N–H and O–H groups in total. The van der Waals surface area contributed by atoms with Crippen molar-refractivity contribution in [2.24, 2.45) is 0 Å². The molecule has 1 unspecified atom stereocenters. The summed E-state index contributed by atoms with van der Waals surface area (Å²) in [5, 5.41) is 11.2. The summed E-state index contributed by atoms with van der Waals surface area (Å²) in [5.74, 6) is -1.11. The van der Waals surface area contributed by atoms with Gasteiger partial charge in [0.15, 0.2) is 0 Å². The molecule has 6 heteroatoms. The fourth-order valence-electron chi connectivity index (χ4n) is 3.85. The highest BCUT2D eigenvalue weighted by molar-refractivity contribution is 6.51. The quantitative estimate of drug-likeness (QED) is 0.361. The molecular weight excluding hydrogens is 404 g/mol. The molecule has 0 radical (unpaired) electrons. The summed E-state index contributed by atoms with van der Waals surface area (Å²) in [6.45, 7) is 6.24. The lowest BCUT2D eigenvalue weighted by atomic mass is 9.96. The van der Waals surface area contributed by atoms with Crippen molar-refractivity contribution in [1.29, 1.82) is 0 Å². The van der Waals surface area contributed by atoms with E-state index < -0.39 is 17.7 Å². The van der Waals surface area contributed by atoms with Gasteiger partial charge in [-0.1, -0.05) is 24.3 Å². The second-order valence-corrected chi connectivity index (χ2v) is 7.65. The molecular formula is C26H24N2O4. The van der Waals surface area contributed by atoms with Crippen LogP contribution in [0.5, 0.6) is 5.75 Å². The molecule has 162 valence electrons. The number of carbonyl (C=O) groups is 2. The third-order valence-electron chi connectivity index (χ3n) is 5.60. The summed E-state index contributed by atoms with van der Waals surface area (Å²) in [4.78, 5) is 32.1. The average Bonchev–Trinajstić information content (AvgIpc) is 3.07. The van der Waals surface area contributed by atoms with Crippen LogP contribution in [-0.2, 0) is 9.59 Å². The number of nitrogens with zero attached hydrogens (tertiary/aromatic N) is 2. The van der Waals surface area contributed by atoms with Gasteiger partial charge < -0.3 is 9.84 Å². The molecule has 0 aliphatic carbocycles. The molecule has 1 amide bonds. The van der Waals surface area contributed by atoms with Crippen molar-refractivity contribution in [3.05, 3.63) is 94.8 Å². The summed E-state index contributed by atoms with van der Waals surface area (Å²) in [6, 6.07) is 16.8. The third-order valence-corrected chi connectivity index (χ3v) is 5.60. The number of hydrogen-bond donors (Lipinski definition) is 1. The number of aliphatic hydroxyl groups is 1. The number of hydrogen-bond acceptors (Lipinski definition) is 5. The highest BCUT2D eigenvalue weighted by atomic mass is 16.5. The van der Waals surface area contributed by atoms with Gasteiger partial charge in [-0.05, 0) is 62.2 Å². The van der Waals surface area contributed by atoms with Crippen LogP contribution >= 0.6 is 0 Å². The topological polar surface area (TPSA) is 79.7 Å². The second kappa shape index (κ2) is 8.67. The number of aryl methyl sites for hydroxylation is 2. The van der Waals surface area contributed by atoms with Crippen molar-refractivity contribution >= 4 is 23.1 Å². The summed E-state index contributed by atoms with van der Waals surface area (Å²) in [6.07, 6.45) is 1.60.